The van der Waals surface area contributed by atoms with Gasteiger partial charge in [0.25, 0.3) is 0 Å². The van der Waals surface area contributed by atoms with Gasteiger partial charge in [0, 0.05) is 25.1 Å². The Bertz CT molecular complexity index is 1000. The topological polar surface area (TPSA) is 75.2 Å². The van der Waals surface area contributed by atoms with E-state index in [-0.39, 0.29) is 24.2 Å². The van der Waals surface area contributed by atoms with E-state index in [9.17, 15) is 9.59 Å². The molecule has 4 rings (SSSR count). The Balaban J connectivity index is 1.33. The number of aryl methyl sites for hydroxylation is 3. The second-order valence-electron chi connectivity index (χ2n) is 7.22. The molecule has 2 amide bonds. The number of benzene rings is 2. The molecule has 1 aromatic heterocycles. The zero-order chi connectivity index (χ0) is 20.2. The van der Waals surface area contributed by atoms with Crippen molar-refractivity contribution in [2.45, 2.75) is 26.2 Å². The Morgan fingerprint density at radius 1 is 1.10 bits per heavy atom. The maximum atomic E-state index is 12.6. The normalized spacial score (nSPS) is 16.2. The lowest BCUT2D eigenvalue weighted by Gasteiger charge is -2.16. The monoisotopic (exact) mass is 406 g/mol. The molecular weight excluding hydrogens is 384 g/mol. The summed E-state index contributed by atoms with van der Waals surface area (Å²) in [7, 11) is 0. The highest BCUT2D eigenvalue weighted by molar-refractivity contribution is 7.15. The van der Waals surface area contributed by atoms with E-state index in [1.165, 1.54) is 16.9 Å². The summed E-state index contributed by atoms with van der Waals surface area (Å²) in [5.41, 5.74) is 3.21. The summed E-state index contributed by atoms with van der Waals surface area (Å²) >= 11 is 1.39. The van der Waals surface area contributed by atoms with Gasteiger partial charge in [-0.3, -0.25) is 9.59 Å². The molecule has 0 saturated carbocycles. The maximum absolute atomic E-state index is 12.6. The second kappa shape index (κ2) is 8.53. The molecule has 1 fully saturated rings. The number of hydrogen-bond acceptors (Lipinski definition) is 5. The van der Waals surface area contributed by atoms with Gasteiger partial charge in [-0.15, -0.1) is 10.2 Å². The number of nitrogens with one attached hydrogen (secondary N) is 1. The molecular formula is C22H22N4O2S. The minimum absolute atomic E-state index is 0.0326. The number of carbonyl (C=O) groups is 2. The van der Waals surface area contributed by atoms with Crippen LogP contribution in [0.4, 0.5) is 10.8 Å². The Kier molecular flexibility index (Phi) is 5.67. The molecule has 0 spiro atoms. The highest BCUT2D eigenvalue weighted by Crippen LogP contribution is 2.27. The van der Waals surface area contributed by atoms with E-state index in [1.54, 1.807) is 4.90 Å². The van der Waals surface area contributed by atoms with Crippen molar-refractivity contribution in [3.63, 3.8) is 0 Å². The summed E-state index contributed by atoms with van der Waals surface area (Å²) < 4.78 is 0. The van der Waals surface area contributed by atoms with E-state index in [1.807, 2.05) is 49.4 Å². The number of rotatable bonds is 6. The molecule has 2 heterocycles. The van der Waals surface area contributed by atoms with Crippen molar-refractivity contribution in [1.29, 1.82) is 0 Å². The molecule has 1 atom stereocenters. The van der Waals surface area contributed by atoms with Gasteiger partial charge in [-0.05, 0) is 31.0 Å². The van der Waals surface area contributed by atoms with Gasteiger partial charge in [-0.25, -0.2) is 0 Å². The Morgan fingerprint density at radius 2 is 1.86 bits per heavy atom. The summed E-state index contributed by atoms with van der Waals surface area (Å²) in [5, 5.41) is 12.5. The van der Waals surface area contributed by atoms with E-state index in [0.717, 1.165) is 29.1 Å². The lowest BCUT2D eigenvalue weighted by molar-refractivity contribution is -0.122. The number of carbonyl (C=O) groups excluding carboxylic acids is 2. The highest BCUT2D eigenvalue weighted by Gasteiger charge is 2.35. The average molecular weight is 407 g/mol. The number of nitrogens with zero attached hydrogens (tertiary/aromatic N) is 3. The Labute approximate surface area is 173 Å². The van der Waals surface area contributed by atoms with Gasteiger partial charge >= 0.3 is 0 Å². The first-order valence-electron chi connectivity index (χ1n) is 9.63. The van der Waals surface area contributed by atoms with Crippen LogP contribution in [0.1, 0.15) is 22.6 Å². The smallest absolute Gasteiger partial charge is 0.231 e. The fraction of sp³-hybridized carbons (Fsp3) is 0.273. The van der Waals surface area contributed by atoms with Crippen molar-refractivity contribution in [3.8, 4) is 0 Å². The second-order valence-corrected chi connectivity index (χ2v) is 8.28. The molecule has 1 aliphatic heterocycles. The fourth-order valence-corrected chi connectivity index (χ4v) is 4.11. The lowest BCUT2D eigenvalue weighted by Crippen LogP contribution is -2.28. The van der Waals surface area contributed by atoms with E-state index in [2.05, 4.69) is 27.6 Å². The van der Waals surface area contributed by atoms with Gasteiger partial charge in [0.1, 0.15) is 5.01 Å². The molecule has 0 unspecified atom stereocenters. The number of amides is 2. The van der Waals surface area contributed by atoms with E-state index < -0.39 is 0 Å². The van der Waals surface area contributed by atoms with Gasteiger partial charge in [0.2, 0.25) is 16.9 Å². The Morgan fingerprint density at radius 3 is 2.62 bits per heavy atom. The van der Waals surface area contributed by atoms with Crippen LogP contribution in [-0.2, 0) is 22.4 Å². The van der Waals surface area contributed by atoms with E-state index in [0.29, 0.717) is 11.7 Å². The van der Waals surface area contributed by atoms with E-state index >= 15 is 0 Å². The maximum Gasteiger partial charge on any atom is 0.231 e. The molecule has 3 aromatic rings. The van der Waals surface area contributed by atoms with Crippen LogP contribution in [0.3, 0.4) is 0 Å². The molecule has 7 heteroatoms. The molecule has 0 radical (unpaired) electrons. The largest absolute Gasteiger partial charge is 0.312 e. The lowest BCUT2D eigenvalue weighted by atomic mass is 10.1. The van der Waals surface area contributed by atoms with Crippen molar-refractivity contribution >= 4 is 34.0 Å². The summed E-state index contributed by atoms with van der Waals surface area (Å²) in [6.07, 6.45) is 1.87. The van der Waals surface area contributed by atoms with Crippen LogP contribution < -0.4 is 10.2 Å². The molecule has 1 saturated heterocycles. The summed E-state index contributed by atoms with van der Waals surface area (Å²) in [6, 6.07) is 18.0. The summed E-state index contributed by atoms with van der Waals surface area (Å²) in [5.74, 6) is -0.603. The van der Waals surface area contributed by atoms with Crippen LogP contribution in [0.5, 0.6) is 0 Å². The molecule has 148 valence electrons. The van der Waals surface area contributed by atoms with Crippen LogP contribution in [0.25, 0.3) is 0 Å². The third-order valence-corrected chi connectivity index (χ3v) is 5.91. The minimum atomic E-state index is -0.388. The van der Waals surface area contributed by atoms with E-state index in [4.69, 9.17) is 0 Å². The van der Waals surface area contributed by atoms with Crippen LogP contribution in [0.2, 0.25) is 0 Å². The SMILES string of the molecule is Cc1ccc(N2C[C@H](C(=O)Nc3nnc(CCc4ccccc4)s3)CC2=O)cc1. The summed E-state index contributed by atoms with van der Waals surface area (Å²) in [4.78, 5) is 26.7. The number of aromatic nitrogens is 2. The zero-order valence-electron chi connectivity index (χ0n) is 16.2. The first-order valence-corrected chi connectivity index (χ1v) is 10.4. The Hall–Kier alpha value is -3.06. The van der Waals surface area contributed by atoms with Crippen molar-refractivity contribution in [1.82, 2.24) is 10.2 Å². The van der Waals surface area contributed by atoms with Crippen molar-refractivity contribution < 1.29 is 9.59 Å². The molecule has 1 N–H and O–H groups in total. The molecule has 0 aliphatic carbocycles. The molecule has 2 aromatic carbocycles. The predicted octanol–water partition coefficient (Wildman–Crippen LogP) is 3.62. The molecule has 29 heavy (non-hydrogen) atoms. The third kappa shape index (κ3) is 4.68. The molecule has 1 aliphatic rings. The number of anilines is 2. The minimum Gasteiger partial charge on any atom is -0.312 e. The first kappa shape index (κ1) is 19.3. The standard InChI is InChI=1S/C22H22N4O2S/c1-15-7-10-18(11-8-15)26-14-17(13-20(26)27)21(28)23-22-25-24-19(29-22)12-9-16-5-3-2-4-6-16/h2-8,10-11,17H,9,12-14H2,1H3,(H,23,25,28)/t17-/m1/s1. The quantitative estimate of drug-likeness (QED) is 0.678. The van der Waals surface area contributed by atoms with Gasteiger partial charge < -0.3 is 10.2 Å². The predicted molar refractivity (Wildman–Crippen MR) is 114 cm³/mol. The highest BCUT2D eigenvalue weighted by atomic mass is 32.1. The fourth-order valence-electron chi connectivity index (χ4n) is 3.37. The zero-order valence-corrected chi connectivity index (χ0v) is 17.0. The van der Waals surface area contributed by atoms with Crippen molar-refractivity contribution in [2.75, 3.05) is 16.8 Å². The van der Waals surface area contributed by atoms with Gasteiger partial charge in [0.05, 0.1) is 5.92 Å². The summed E-state index contributed by atoms with van der Waals surface area (Å²) in [6.45, 7) is 2.38. The molecule has 6 nitrogen and oxygen atoms in total. The van der Waals surface area contributed by atoms with Crippen LogP contribution in [0.15, 0.2) is 54.6 Å². The van der Waals surface area contributed by atoms with Crippen LogP contribution >= 0.6 is 11.3 Å². The van der Waals surface area contributed by atoms with Crippen LogP contribution in [0, 0.1) is 12.8 Å². The molecule has 0 bridgehead atoms. The van der Waals surface area contributed by atoms with Gasteiger partial charge in [-0.1, -0.05) is 59.4 Å². The average Bonchev–Trinajstić information content (AvgIpc) is 3.34. The number of hydrogen-bond donors (Lipinski definition) is 1. The van der Waals surface area contributed by atoms with Crippen LogP contribution in [-0.4, -0.2) is 28.6 Å². The van der Waals surface area contributed by atoms with Crippen molar-refractivity contribution in [2.24, 2.45) is 5.92 Å². The van der Waals surface area contributed by atoms with Gasteiger partial charge in [-0.2, -0.15) is 0 Å². The van der Waals surface area contributed by atoms with Crippen molar-refractivity contribution in [3.05, 3.63) is 70.7 Å². The van der Waals surface area contributed by atoms with Gasteiger partial charge in [0.15, 0.2) is 0 Å². The third-order valence-electron chi connectivity index (χ3n) is 5.01. The first-order chi connectivity index (χ1) is 14.1.